The molecule has 0 atom stereocenters. The monoisotopic (exact) mass is 335 g/mol. The summed E-state index contributed by atoms with van der Waals surface area (Å²) in [5.74, 6) is 1.40. The largest absolute Gasteiger partial charge is 0.441 e. The van der Waals surface area contributed by atoms with Gasteiger partial charge in [0, 0.05) is 50.3 Å². The van der Waals surface area contributed by atoms with Crippen molar-refractivity contribution >= 4 is 5.91 Å². The lowest BCUT2D eigenvalue weighted by Crippen LogP contribution is -2.29. The van der Waals surface area contributed by atoms with E-state index in [1.165, 1.54) is 0 Å². The van der Waals surface area contributed by atoms with Crippen molar-refractivity contribution in [2.75, 3.05) is 13.6 Å². The predicted octanol–water partition coefficient (Wildman–Crippen LogP) is 3.37. The standard InChI is InChI=1S/C20H21N3O2/c1-23(14-12-17-9-5-6-13-21-17)20(24)11-10-19-22-15-18(25-19)16-7-3-2-4-8-16/h2-9,13,15H,10-12,14H2,1H3. The Bertz CT molecular complexity index is 800. The zero-order valence-corrected chi connectivity index (χ0v) is 14.3. The second-order valence-electron chi connectivity index (χ2n) is 5.87. The van der Waals surface area contributed by atoms with Gasteiger partial charge < -0.3 is 9.32 Å². The molecule has 0 spiro atoms. The van der Waals surface area contributed by atoms with Crippen LogP contribution >= 0.6 is 0 Å². The molecule has 1 amide bonds. The highest BCUT2D eigenvalue weighted by Crippen LogP contribution is 2.20. The van der Waals surface area contributed by atoms with Gasteiger partial charge in [0.25, 0.3) is 0 Å². The summed E-state index contributed by atoms with van der Waals surface area (Å²) in [6.07, 6.45) is 5.11. The zero-order valence-electron chi connectivity index (χ0n) is 14.3. The van der Waals surface area contributed by atoms with Crippen LogP contribution in [0.3, 0.4) is 0 Å². The van der Waals surface area contributed by atoms with Gasteiger partial charge in [-0.1, -0.05) is 36.4 Å². The Morgan fingerprint density at radius 3 is 2.60 bits per heavy atom. The maximum Gasteiger partial charge on any atom is 0.222 e. The van der Waals surface area contributed by atoms with Gasteiger partial charge in [-0.05, 0) is 12.1 Å². The molecule has 25 heavy (non-hydrogen) atoms. The summed E-state index contributed by atoms with van der Waals surface area (Å²) < 4.78 is 5.74. The predicted molar refractivity (Wildman–Crippen MR) is 95.8 cm³/mol. The second kappa shape index (κ2) is 8.24. The molecule has 2 heterocycles. The van der Waals surface area contributed by atoms with E-state index in [4.69, 9.17) is 4.42 Å². The lowest BCUT2D eigenvalue weighted by Gasteiger charge is -2.16. The molecule has 0 fully saturated rings. The fourth-order valence-electron chi connectivity index (χ4n) is 2.52. The first kappa shape index (κ1) is 16.9. The average Bonchev–Trinajstić information content (AvgIpc) is 3.15. The quantitative estimate of drug-likeness (QED) is 0.664. The van der Waals surface area contributed by atoms with Crippen LogP contribution in [0.1, 0.15) is 18.0 Å². The van der Waals surface area contributed by atoms with Crippen LogP contribution in [0, 0.1) is 0 Å². The van der Waals surface area contributed by atoms with E-state index in [-0.39, 0.29) is 5.91 Å². The molecule has 0 unspecified atom stereocenters. The molecular formula is C20H21N3O2. The molecule has 128 valence electrons. The van der Waals surface area contributed by atoms with Gasteiger partial charge in [-0.2, -0.15) is 0 Å². The van der Waals surface area contributed by atoms with E-state index < -0.39 is 0 Å². The molecule has 0 radical (unpaired) electrons. The molecule has 0 aliphatic rings. The maximum atomic E-state index is 12.3. The first-order valence-electron chi connectivity index (χ1n) is 8.36. The van der Waals surface area contributed by atoms with Crippen molar-refractivity contribution in [3.8, 4) is 11.3 Å². The van der Waals surface area contributed by atoms with Gasteiger partial charge >= 0.3 is 0 Å². The van der Waals surface area contributed by atoms with Crippen molar-refractivity contribution in [1.29, 1.82) is 0 Å². The summed E-state index contributed by atoms with van der Waals surface area (Å²) in [7, 11) is 1.82. The Morgan fingerprint density at radius 1 is 1.04 bits per heavy atom. The molecule has 0 saturated heterocycles. The van der Waals surface area contributed by atoms with Gasteiger partial charge in [0.2, 0.25) is 5.91 Å². The third-order valence-corrected chi connectivity index (χ3v) is 4.02. The number of oxazole rings is 1. The van der Waals surface area contributed by atoms with E-state index in [0.717, 1.165) is 23.4 Å². The van der Waals surface area contributed by atoms with Crippen LogP contribution in [0.5, 0.6) is 0 Å². The van der Waals surface area contributed by atoms with E-state index in [9.17, 15) is 4.79 Å². The summed E-state index contributed by atoms with van der Waals surface area (Å²) in [6.45, 7) is 0.649. The van der Waals surface area contributed by atoms with E-state index in [1.54, 1.807) is 17.3 Å². The molecule has 1 aromatic carbocycles. The minimum atomic E-state index is 0.0791. The van der Waals surface area contributed by atoms with Crippen LogP contribution in [0.15, 0.2) is 65.3 Å². The number of amides is 1. The highest BCUT2D eigenvalue weighted by molar-refractivity contribution is 5.76. The first-order chi connectivity index (χ1) is 12.2. The van der Waals surface area contributed by atoms with E-state index in [2.05, 4.69) is 9.97 Å². The number of benzene rings is 1. The third kappa shape index (κ3) is 4.76. The molecule has 0 saturated carbocycles. The van der Waals surface area contributed by atoms with Gasteiger partial charge in [-0.15, -0.1) is 0 Å². The summed E-state index contributed by atoms with van der Waals surface area (Å²) in [6, 6.07) is 15.6. The molecule has 3 aromatic rings. The second-order valence-corrected chi connectivity index (χ2v) is 5.87. The Morgan fingerprint density at radius 2 is 1.84 bits per heavy atom. The van der Waals surface area contributed by atoms with E-state index >= 15 is 0 Å². The van der Waals surface area contributed by atoms with Crippen molar-refractivity contribution in [1.82, 2.24) is 14.9 Å². The molecule has 5 nitrogen and oxygen atoms in total. The molecular weight excluding hydrogens is 314 g/mol. The summed E-state index contributed by atoms with van der Waals surface area (Å²) in [4.78, 5) is 22.5. The Balaban J connectivity index is 1.48. The SMILES string of the molecule is CN(CCc1ccccn1)C(=O)CCc1ncc(-c2ccccc2)o1. The minimum Gasteiger partial charge on any atom is -0.441 e. The van der Waals surface area contributed by atoms with Crippen molar-refractivity contribution in [2.45, 2.75) is 19.3 Å². The van der Waals surface area contributed by atoms with Crippen molar-refractivity contribution in [3.63, 3.8) is 0 Å². The topological polar surface area (TPSA) is 59.2 Å². The maximum absolute atomic E-state index is 12.3. The number of hydrogen-bond donors (Lipinski definition) is 0. The molecule has 0 bridgehead atoms. The number of rotatable bonds is 7. The Kier molecular flexibility index (Phi) is 5.57. The fourth-order valence-corrected chi connectivity index (χ4v) is 2.52. The number of aromatic nitrogens is 2. The van der Waals surface area contributed by atoms with Crippen LogP contribution < -0.4 is 0 Å². The lowest BCUT2D eigenvalue weighted by molar-refractivity contribution is -0.129. The van der Waals surface area contributed by atoms with Crippen LogP contribution in [0.2, 0.25) is 0 Å². The van der Waals surface area contributed by atoms with Crippen molar-refractivity contribution in [2.24, 2.45) is 0 Å². The van der Waals surface area contributed by atoms with Gasteiger partial charge in [-0.3, -0.25) is 9.78 Å². The normalized spacial score (nSPS) is 10.6. The molecule has 5 heteroatoms. The number of likely N-dealkylation sites (N-methyl/N-ethyl adjacent to an activating group) is 1. The number of hydrogen-bond acceptors (Lipinski definition) is 4. The highest BCUT2D eigenvalue weighted by Gasteiger charge is 2.12. The van der Waals surface area contributed by atoms with Gasteiger partial charge in [0.05, 0.1) is 6.20 Å². The molecule has 2 aromatic heterocycles. The lowest BCUT2D eigenvalue weighted by atomic mass is 10.2. The minimum absolute atomic E-state index is 0.0791. The number of pyridine rings is 1. The van der Waals surface area contributed by atoms with E-state index in [0.29, 0.717) is 25.3 Å². The molecule has 0 aliphatic carbocycles. The van der Waals surface area contributed by atoms with Gasteiger partial charge in [0.15, 0.2) is 11.7 Å². The first-order valence-corrected chi connectivity index (χ1v) is 8.36. The van der Waals surface area contributed by atoms with E-state index in [1.807, 2.05) is 55.6 Å². The van der Waals surface area contributed by atoms with Crippen molar-refractivity contribution in [3.05, 3.63) is 72.5 Å². The average molecular weight is 335 g/mol. The Labute approximate surface area is 147 Å². The third-order valence-electron chi connectivity index (χ3n) is 4.02. The summed E-state index contributed by atoms with van der Waals surface area (Å²) in [5, 5.41) is 0. The zero-order chi connectivity index (χ0) is 17.5. The van der Waals surface area contributed by atoms with Crippen molar-refractivity contribution < 1.29 is 9.21 Å². The van der Waals surface area contributed by atoms with Crippen LogP contribution in [-0.2, 0) is 17.6 Å². The number of nitrogens with zero attached hydrogens (tertiary/aromatic N) is 3. The molecule has 3 rings (SSSR count). The molecule has 0 N–H and O–H groups in total. The summed E-state index contributed by atoms with van der Waals surface area (Å²) in [5.41, 5.74) is 1.97. The van der Waals surface area contributed by atoms with Crippen LogP contribution in [0.4, 0.5) is 0 Å². The van der Waals surface area contributed by atoms with Gasteiger partial charge in [0.1, 0.15) is 0 Å². The Hall–Kier alpha value is -2.95. The van der Waals surface area contributed by atoms with Crippen LogP contribution in [-0.4, -0.2) is 34.4 Å². The van der Waals surface area contributed by atoms with Gasteiger partial charge in [-0.25, -0.2) is 4.98 Å². The smallest absolute Gasteiger partial charge is 0.222 e. The highest BCUT2D eigenvalue weighted by atomic mass is 16.4. The molecule has 0 aliphatic heterocycles. The summed E-state index contributed by atoms with van der Waals surface area (Å²) >= 11 is 0. The number of aryl methyl sites for hydroxylation is 1. The number of carbonyl (C=O) groups is 1. The van der Waals surface area contributed by atoms with Crippen LogP contribution in [0.25, 0.3) is 11.3 Å². The fraction of sp³-hybridized carbons (Fsp3) is 0.250. The number of carbonyl (C=O) groups excluding carboxylic acids is 1.